The zero-order chi connectivity index (χ0) is 17.1. The molecule has 2 heterocycles. The average molecular weight is 472 g/mol. The van der Waals surface area contributed by atoms with Gasteiger partial charge >= 0.3 is 0 Å². The maximum atomic E-state index is 12.7. The first-order chi connectivity index (χ1) is 11.5. The van der Waals surface area contributed by atoms with Crippen LogP contribution in [0.25, 0.3) is 0 Å². The Morgan fingerprint density at radius 1 is 1.12 bits per heavy atom. The second-order valence-corrected chi connectivity index (χ2v) is 9.36. The van der Waals surface area contributed by atoms with Gasteiger partial charge in [0.1, 0.15) is 0 Å². The van der Waals surface area contributed by atoms with E-state index < -0.39 is 0 Å². The van der Waals surface area contributed by atoms with Gasteiger partial charge in [-0.05, 0) is 56.8 Å². The molecule has 1 aromatic heterocycles. The van der Waals surface area contributed by atoms with Crippen LogP contribution in [-0.4, -0.2) is 41.9 Å². The Hall–Kier alpha value is -0.690. The predicted molar refractivity (Wildman–Crippen MR) is 107 cm³/mol. The van der Waals surface area contributed by atoms with Gasteiger partial charge in [0.25, 0.3) is 5.91 Å². The summed E-state index contributed by atoms with van der Waals surface area (Å²) in [5, 5.41) is 0. The number of halogens is 2. The molecule has 1 saturated heterocycles. The molecule has 0 spiro atoms. The van der Waals surface area contributed by atoms with Crippen LogP contribution < -0.4 is 0 Å². The largest absolute Gasteiger partial charge is 0.337 e. The fraction of sp³-hybridized carbons (Fsp3) is 0.389. The number of rotatable bonds is 3. The van der Waals surface area contributed by atoms with Gasteiger partial charge in [-0.1, -0.05) is 29.8 Å². The van der Waals surface area contributed by atoms with Crippen LogP contribution >= 0.6 is 43.2 Å². The summed E-state index contributed by atoms with van der Waals surface area (Å²) in [7, 11) is 0. The Bertz CT molecular complexity index is 695. The van der Waals surface area contributed by atoms with E-state index in [1.54, 1.807) is 0 Å². The first-order valence-corrected chi connectivity index (χ1v) is 10.4. The van der Waals surface area contributed by atoms with E-state index in [2.05, 4.69) is 67.9 Å². The SMILES string of the molecule is Cc1ccc(CN2CCCN(C(=O)c3cc(Br)c(Br)s3)CC2)cc1. The van der Waals surface area contributed by atoms with Crippen molar-refractivity contribution in [3.8, 4) is 0 Å². The van der Waals surface area contributed by atoms with E-state index in [4.69, 9.17) is 0 Å². The first-order valence-electron chi connectivity index (χ1n) is 8.05. The van der Waals surface area contributed by atoms with Gasteiger partial charge in [-0.25, -0.2) is 0 Å². The van der Waals surface area contributed by atoms with Gasteiger partial charge in [-0.15, -0.1) is 11.3 Å². The number of carbonyl (C=O) groups excluding carboxylic acids is 1. The number of benzene rings is 1. The summed E-state index contributed by atoms with van der Waals surface area (Å²) in [4.78, 5) is 17.9. The van der Waals surface area contributed by atoms with Crippen LogP contribution in [0, 0.1) is 6.92 Å². The third-order valence-electron chi connectivity index (χ3n) is 4.26. The molecule has 1 aliphatic rings. The fourth-order valence-electron chi connectivity index (χ4n) is 2.89. The Labute approximate surface area is 163 Å². The molecule has 0 N–H and O–H groups in total. The zero-order valence-electron chi connectivity index (χ0n) is 13.6. The summed E-state index contributed by atoms with van der Waals surface area (Å²) < 4.78 is 1.92. The molecule has 0 aliphatic carbocycles. The summed E-state index contributed by atoms with van der Waals surface area (Å²) in [6.07, 6.45) is 1.02. The molecule has 2 aromatic rings. The number of carbonyl (C=O) groups is 1. The number of hydrogen-bond donors (Lipinski definition) is 0. The van der Waals surface area contributed by atoms with Crippen molar-refractivity contribution in [2.75, 3.05) is 26.2 Å². The van der Waals surface area contributed by atoms with Gasteiger partial charge in [0, 0.05) is 37.2 Å². The van der Waals surface area contributed by atoms with E-state index in [9.17, 15) is 4.79 Å². The van der Waals surface area contributed by atoms with Crippen molar-refractivity contribution >= 4 is 49.1 Å². The molecule has 3 nitrogen and oxygen atoms in total. The Kier molecular flexibility index (Phi) is 6.13. The number of hydrogen-bond acceptors (Lipinski definition) is 3. The summed E-state index contributed by atoms with van der Waals surface area (Å²) in [5.74, 6) is 0.142. The first kappa shape index (κ1) is 18.1. The minimum atomic E-state index is 0.142. The lowest BCUT2D eigenvalue weighted by molar-refractivity contribution is 0.0766. The molecule has 1 fully saturated rings. The van der Waals surface area contributed by atoms with Crippen molar-refractivity contribution in [2.45, 2.75) is 19.9 Å². The Morgan fingerprint density at radius 2 is 1.88 bits per heavy atom. The van der Waals surface area contributed by atoms with Crippen LogP contribution in [0.15, 0.2) is 38.6 Å². The van der Waals surface area contributed by atoms with Gasteiger partial charge in [0.15, 0.2) is 0 Å². The molecule has 0 atom stereocenters. The third kappa shape index (κ3) is 4.48. The molecule has 1 amide bonds. The van der Waals surface area contributed by atoms with E-state index in [0.29, 0.717) is 0 Å². The maximum absolute atomic E-state index is 12.7. The molecule has 0 saturated carbocycles. The highest BCUT2D eigenvalue weighted by atomic mass is 79.9. The summed E-state index contributed by atoms with van der Waals surface area (Å²) in [6.45, 7) is 6.65. The lowest BCUT2D eigenvalue weighted by atomic mass is 10.1. The molecule has 6 heteroatoms. The minimum absolute atomic E-state index is 0.142. The second kappa shape index (κ2) is 8.13. The van der Waals surface area contributed by atoms with Crippen LogP contribution in [0.4, 0.5) is 0 Å². The Morgan fingerprint density at radius 3 is 2.54 bits per heavy atom. The number of nitrogens with zero attached hydrogens (tertiary/aromatic N) is 2. The molecule has 0 radical (unpaired) electrons. The molecule has 128 valence electrons. The van der Waals surface area contributed by atoms with E-state index in [1.807, 2.05) is 11.0 Å². The molecule has 1 aromatic carbocycles. The highest BCUT2D eigenvalue weighted by Gasteiger charge is 2.22. The lowest BCUT2D eigenvalue weighted by Gasteiger charge is -2.21. The van der Waals surface area contributed by atoms with E-state index in [1.165, 1.54) is 22.5 Å². The molecule has 0 unspecified atom stereocenters. The van der Waals surface area contributed by atoms with Crippen molar-refractivity contribution in [1.29, 1.82) is 0 Å². The van der Waals surface area contributed by atoms with Gasteiger partial charge in [0.05, 0.1) is 8.66 Å². The fourth-order valence-corrected chi connectivity index (χ4v) is 4.90. The highest BCUT2D eigenvalue weighted by molar-refractivity contribution is 9.13. The lowest BCUT2D eigenvalue weighted by Crippen LogP contribution is -2.34. The summed E-state index contributed by atoms with van der Waals surface area (Å²) >= 11 is 8.42. The molecule has 24 heavy (non-hydrogen) atoms. The van der Waals surface area contributed by atoms with E-state index >= 15 is 0 Å². The van der Waals surface area contributed by atoms with Crippen molar-refractivity contribution in [1.82, 2.24) is 9.80 Å². The average Bonchev–Trinajstić information content (AvgIpc) is 2.77. The predicted octanol–water partition coefficient (Wildman–Crippen LogP) is 4.93. The standard InChI is InChI=1S/C18H20Br2N2OS/c1-13-3-5-14(6-4-13)12-21-7-2-8-22(10-9-21)18(23)16-11-15(19)17(20)24-16/h3-6,11H,2,7-10,12H2,1H3. The smallest absolute Gasteiger partial charge is 0.264 e. The van der Waals surface area contributed by atoms with Gasteiger partial charge in [0.2, 0.25) is 0 Å². The van der Waals surface area contributed by atoms with Crippen LogP contribution in [0.2, 0.25) is 0 Å². The normalized spacial score (nSPS) is 16.2. The molecular weight excluding hydrogens is 452 g/mol. The molecular formula is C18H20Br2N2OS. The number of aryl methyl sites for hydroxylation is 1. The molecule has 0 bridgehead atoms. The van der Waals surface area contributed by atoms with E-state index in [-0.39, 0.29) is 5.91 Å². The van der Waals surface area contributed by atoms with Crippen LogP contribution in [0.5, 0.6) is 0 Å². The van der Waals surface area contributed by atoms with Crippen molar-refractivity contribution in [3.63, 3.8) is 0 Å². The topological polar surface area (TPSA) is 23.6 Å². The molecule has 3 rings (SSSR count). The van der Waals surface area contributed by atoms with Crippen molar-refractivity contribution < 1.29 is 4.79 Å². The maximum Gasteiger partial charge on any atom is 0.264 e. The number of thiophene rings is 1. The zero-order valence-corrected chi connectivity index (χ0v) is 17.6. The third-order valence-corrected chi connectivity index (χ3v) is 7.50. The van der Waals surface area contributed by atoms with E-state index in [0.717, 1.165) is 52.3 Å². The second-order valence-electron chi connectivity index (χ2n) is 6.14. The van der Waals surface area contributed by atoms with Gasteiger partial charge in [-0.3, -0.25) is 9.69 Å². The quantitative estimate of drug-likeness (QED) is 0.633. The van der Waals surface area contributed by atoms with Crippen LogP contribution in [-0.2, 0) is 6.54 Å². The monoisotopic (exact) mass is 470 g/mol. The van der Waals surface area contributed by atoms with Crippen LogP contribution in [0.3, 0.4) is 0 Å². The minimum Gasteiger partial charge on any atom is -0.337 e. The van der Waals surface area contributed by atoms with Crippen molar-refractivity contribution in [3.05, 3.63) is 54.6 Å². The van der Waals surface area contributed by atoms with Gasteiger partial charge in [-0.2, -0.15) is 0 Å². The summed E-state index contributed by atoms with van der Waals surface area (Å²) in [6, 6.07) is 10.6. The Balaban J connectivity index is 1.60. The van der Waals surface area contributed by atoms with Crippen LogP contribution in [0.1, 0.15) is 27.2 Å². The highest BCUT2D eigenvalue weighted by Crippen LogP contribution is 2.33. The van der Waals surface area contributed by atoms with Gasteiger partial charge < -0.3 is 4.90 Å². The summed E-state index contributed by atoms with van der Waals surface area (Å²) in [5.41, 5.74) is 2.63. The molecule has 1 aliphatic heterocycles. The number of amides is 1. The van der Waals surface area contributed by atoms with Crippen molar-refractivity contribution in [2.24, 2.45) is 0 Å².